The maximum atomic E-state index is 13.1. The molecule has 9 heteroatoms. The molecule has 2 heterocycles. The number of rotatable bonds is 4. The second-order valence-corrected chi connectivity index (χ2v) is 9.12. The van der Waals surface area contributed by atoms with Crippen molar-refractivity contribution in [3.8, 4) is 0 Å². The SMILES string of the molecule is CC1NNC(C)C1S(=O)(=O)N1CCC[C@@H]1C(=O)Nc1ccc(Cl)cc1. The van der Waals surface area contributed by atoms with Crippen molar-refractivity contribution < 1.29 is 13.2 Å². The molecule has 2 fully saturated rings. The van der Waals surface area contributed by atoms with E-state index >= 15 is 0 Å². The van der Waals surface area contributed by atoms with Crippen LogP contribution < -0.4 is 16.2 Å². The molecule has 3 rings (SSSR count). The summed E-state index contributed by atoms with van der Waals surface area (Å²) in [5.74, 6) is -0.303. The number of amides is 1. The number of sulfonamides is 1. The molecule has 2 unspecified atom stereocenters. The molecule has 0 bridgehead atoms. The number of nitrogens with zero attached hydrogens (tertiary/aromatic N) is 1. The van der Waals surface area contributed by atoms with Gasteiger partial charge in [-0.2, -0.15) is 4.31 Å². The van der Waals surface area contributed by atoms with E-state index in [0.717, 1.165) is 0 Å². The largest absolute Gasteiger partial charge is 0.325 e. The number of halogens is 1. The molecule has 1 aromatic carbocycles. The van der Waals surface area contributed by atoms with Gasteiger partial charge in [-0.25, -0.2) is 8.42 Å². The summed E-state index contributed by atoms with van der Waals surface area (Å²) in [4.78, 5) is 12.7. The third-order valence-corrected chi connectivity index (χ3v) is 7.66. The predicted molar refractivity (Wildman–Crippen MR) is 97.7 cm³/mol. The predicted octanol–water partition coefficient (Wildman–Crippen LogP) is 1.33. The first kappa shape index (κ1) is 18.6. The number of hydrazine groups is 1. The van der Waals surface area contributed by atoms with E-state index in [9.17, 15) is 13.2 Å². The summed E-state index contributed by atoms with van der Waals surface area (Å²) in [6.45, 7) is 4.03. The molecule has 3 N–H and O–H groups in total. The Balaban J connectivity index is 1.77. The smallest absolute Gasteiger partial charge is 0.242 e. The van der Waals surface area contributed by atoms with Crippen molar-refractivity contribution in [3.05, 3.63) is 29.3 Å². The van der Waals surface area contributed by atoms with Crippen molar-refractivity contribution >= 4 is 33.2 Å². The van der Waals surface area contributed by atoms with E-state index in [4.69, 9.17) is 11.6 Å². The molecule has 0 aliphatic carbocycles. The second kappa shape index (κ2) is 7.20. The molecule has 2 saturated heterocycles. The number of hydrogen-bond donors (Lipinski definition) is 3. The topological polar surface area (TPSA) is 90.5 Å². The van der Waals surface area contributed by atoms with Crippen molar-refractivity contribution in [3.63, 3.8) is 0 Å². The van der Waals surface area contributed by atoms with Gasteiger partial charge in [0.05, 0.1) is 0 Å². The van der Waals surface area contributed by atoms with Crippen molar-refractivity contribution in [2.24, 2.45) is 0 Å². The van der Waals surface area contributed by atoms with Crippen LogP contribution >= 0.6 is 11.6 Å². The number of anilines is 1. The summed E-state index contributed by atoms with van der Waals surface area (Å²) >= 11 is 5.85. The Hall–Kier alpha value is -1.19. The molecule has 1 amide bonds. The highest BCUT2D eigenvalue weighted by Crippen LogP contribution is 2.28. The van der Waals surface area contributed by atoms with Crippen LogP contribution in [0.4, 0.5) is 5.69 Å². The Bertz CT molecular complexity index is 730. The second-order valence-electron chi connectivity index (χ2n) is 6.64. The van der Waals surface area contributed by atoms with Crippen LogP contribution in [-0.4, -0.2) is 48.6 Å². The Labute approximate surface area is 153 Å². The zero-order valence-corrected chi connectivity index (χ0v) is 15.8. The van der Waals surface area contributed by atoms with Gasteiger partial charge in [0.25, 0.3) is 0 Å². The van der Waals surface area contributed by atoms with Crippen LogP contribution in [0.3, 0.4) is 0 Å². The Morgan fingerprint density at radius 3 is 2.40 bits per heavy atom. The lowest BCUT2D eigenvalue weighted by molar-refractivity contribution is -0.119. The van der Waals surface area contributed by atoms with E-state index in [2.05, 4.69) is 16.2 Å². The van der Waals surface area contributed by atoms with Gasteiger partial charge in [0.15, 0.2) is 0 Å². The zero-order chi connectivity index (χ0) is 18.2. The van der Waals surface area contributed by atoms with E-state index in [1.807, 2.05) is 13.8 Å². The van der Waals surface area contributed by atoms with Crippen LogP contribution in [-0.2, 0) is 14.8 Å². The lowest BCUT2D eigenvalue weighted by Crippen LogP contribution is -2.51. The number of benzene rings is 1. The maximum Gasteiger partial charge on any atom is 0.242 e. The van der Waals surface area contributed by atoms with Crippen molar-refractivity contribution in [2.45, 2.75) is 50.1 Å². The lowest BCUT2D eigenvalue weighted by Gasteiger charge is -2.29. The fourth-order valence-corrected chi connectivity index (χ4v) is 6.14. The molecular weight excluding hydrogens is 364 g/mol. The van der Waals surface area contributed by atoms with Gasteiger partial charge >= 0.3 is 0 Å². The van der Waals surface area contributed by atoms with Gasteiger partial charge in [-0.1, -0.05) is 11.6 Å². The number of nitrogens with one attached hydrogen (secondary N) is 3. The van der Waals surface area contributed by atoms with Crippen LogP contribution in [0.15, 0.2) is 24.3 Å². The molecule has 3 atom stereocenters. The fraction of sp³-hybridized carbons (Fsp3) is 0.562. The molecule has 0 radical (unpaired) electrons. The van der Waals surface area contributed by atoms with Gasteiger partial charge < -0.3 is 5.32 Å². The minimum absolute atomic E-state index is 0.222. The highest BCUT2D eigenvalue weighted by Gasteiger charge is 2.48. The fourth-order valence-electron chi connectivity index (χ4n) is 3.60. The van der Waals surface area contributed by atoms with Crippen LogP contribution in [0.2, 0.25) is 5.02 Å². The molecule has 2 aliphatic heterocycles. The minimum Gasteiger partial charge on any atom is -0.325 e. The number of carbonyl (C=O) groups excluding carboxylic acids is 1. The van der Waals surface area contributed by atoms with Gasteiger partial charge in [-0.05, 0) is 51.0 Å². The third-order valence-electron chi connectivity index (χ3n) is 4.81. The first-order valence-corrected chi connectivity index (χ1v) is 10.3. The summed E-state index contributed by atoms with van der Waals surface area (Å²) in [5, 5.41) is 2.77. The van der Waals surface area contributed by atoms with Crippen LogP contribution in [0.25, 0.3) is 0 Å². The Morgan fingerprint density at radius 2 is 1.80 bits per heavy atom. The molecule has 2 aliphatic rings. The van der Waals surface area contributed by atoms with Crippen molar-refractivity contribution in [1.82, 2.24) is 15.2 Å². The average Bonchev–Trinajstić information content (AvgIpc) is 3.17. The van der Waals surface area contributed by atoms with Crippen LogP contribution in [0, 0.1) is 0 Å². The first-order valence-electron chi connectivity index (χ1n) is 8.39. The van der Waals surface area contributed by atoms with E-state index < -0.39 is 21.3 Å². The molecule has 138 valence electrons. The van der Waals surface area contributed by atoms with Gasteiger partial charge in [0.2, 0.25) is 15.9 Å². The molecular formula is C16H23ClN4O3S. The highest BCUT2D eigenvalue weighted by atomic mass is 35.5. The first-order chi connectivity index (χ1) is 11.8. The lowest BCUT2D eigenvalue weighted by atomic mass is 10.2. The molecule has 25 heavy (non-hydrogen) atoms. The molecule has 0 spiro atoms. The third kappa shape index (κ3) is 3.68. The summed E-state index contributed by atoms with van der Waals surface area (Å²) in [6, 6.07) is 5.63. The quantitative estimate of drug-likeness (QED) is 0.726. The number of hydrogen-bond acceptors (Lipinski definition) is 5. The minimum atomic E-state index is -3.60. The zero-order valence-electron chi connectivity index (χ0n) is 14.2. The van der Waals surface area contributed by atoms with E-state index in [1.165, 1.54) is 4.31 Å². The van der Waals surface area contributed by atoms with Crippen LogP contribution in [0.5, 0.6) is 0 Å². The van der Waals surface area contributed by atoms with Gasteiger partial charge in [-0.3, -0.25) is 15.6 Å². The Morgan fingerprint density at radius 1 is 1.20 bits per heavy atom. The van der Waals surface area contributed by atoms with Gasteiger partial charge in [-0.15, -0.1) is 0 Å². The normalized spacial score (nSPS) is 30.5. The monoisotopic (exact) mass is 386 g/mol. The standard InChI is InChI=1S/C16H23ClN4O3S/c1-10-15(11(2)20-19-10)25(23,24)21-9-3-4-14(21)16(22)18-13-7-5-12(17)6-8-13/h5-8,10-11,14-15,19-20H,3-4,9H2,1-2H3,(H,18,22)/t10?,11?,14-,15?/m1/s1. The van der Waals surface area contributed by atoms with Gasteiger partial charge in [0.1, 0.15) is 11.3 Å². The molecule has 1 aromatic rings. The number of carbonyl (C=O) groups is 1. The Kier molecular flexibility index (Phi) is 5.36. The molecule has 7 nitrogen and oxygen atoms in total. The van der Waals surface area contributed by atoms with Crippen LogP contribution in [0.1, 0.15) is 26.7 Å². The summed E-state index contributed by atoms with van der Waals surface area (Å²) < 4.78 is 27.6. The maximum absolute atomic E-state index is 13.1. The van der Waals surface area contributed by atoms with E-state index in [1.54, 1.807) is 24.3 Å². The highest BCUT2D eigenvalue weighted by molar-refractivity contribution is 7.89. The summed E-state index contributed by atoms with van der Waals surface area (Å²) in [7, 11) is -3.60. The molecule has 0 aromatic heterocycles. The average molecular weight is 387 g/mol. The summed E-state index contributed by atoms with van der Waals surface area (Å²) in [6.07, 6.45) is 1.20. The van der Waals surface area contributed by atoms with Gasteiger partial charge in [0, 0.05) is 29.3 Å². The van der Waals surface area contributed by atoms with E-state index in [0.29, 0.717) is 30.1 Å². The van der Waals surface area contributed by atoms with Crippen molar-refractivity contribution in [1.29, 1.82) is 0 Å². The van der Waals surface area contributed by atoms with E-state index in [-0.39, 0.29) is 18.0 Å². The summed E-state index contributed by atoms with van der Waals surface area (Å²) in [5.41, 5.74) is 6.54. The molecule has 0 saturated carbocycles. The van der Waals surface area contributed by atoms with Crippen molar-refractivity contribution in [2.75, 3.05) is 11.9 Å².